The summed E-state index contributed by atoms with van der Waals surface area (Å²) in [4.78, 5) is 2.12. The van der Waals surface area contributed by atoms with Crippen molar-refractivity contribution in [1.29, 1.82) is 0 Å². The number of allylic oxidation sites excluding steroid dienone is 2. The van der Waals surface area contributed by atoms with Gasteiger partial charge in [0.25, 0.3) is 0 Å². The monoisotopic (exact) mass is 176 g/mol. The highest BCUT2D eigenvalue weighted by atomic mass is 15.1. The van der Waals surface area contributed by atoms with E-state index in [1.807, 2.05) is 0 Å². The Hall–Kier alpha value is -0.820. The van der Waals surface area contributed by atoms with Crippen molar-refractivity contribution in [3.8, 4) is 0 Å². The van der Waals surface area contributed by atoms with E-state index in [1.54, 1.807) is 5.57 Å². The molecule has 13 heavy (non-hydrogen) atoms. The average Bonchev–Trinajstić information content (AvgIpc) is 2.79. The second kappa shape index (κ2) is 3.15. The Labute approximate surface area is 79.4 Å². The molecule has 0 fully saturated rings. The summed E-state index contributed by atoms with van der Waals surface area (Å²) in [5.74, 6) is 0. The van der Waals surface area contributed by atoms with Crippen LogP contribution in [0.3, 0.4) is 0 Å². The Morgan fingerprint density at radius 1 is 1.54 bits per heavy atom. The molecule has 0 heterocycles. The molecule has 1 atom stereocenters. The van der Waals surface area contributed by atoms with Crippen molar-refractivity contribution < 1.29 is 0 Å². The lowest BCUT2D eigenvalue weighted by molar-refractivity contribution is 0.388. The lowest BCUT2D eigenvalue weighted by Gasteiger charge is -2.18. The Balaban J connectivity index is 1.99. The Morgan fingerprint density at radius 2 is 2.31 bits per heavy atom. The maximum Gasteiger partial charge on any atom is 0.0462 e. The molecule has 2 nitrogen and oxygen atoms in total. The van der Waals surface area contributed by atoms with Crippen LogP contribution in [-0.2, 0) is 0 Å². The van der Waals surface area contributed by atoms with E-state index in [-0.39, 0.29) is 6.04 Å². The van der Waals surface area contributed by atoms with E-state index in [4.69, 9.17) is 5.73 Å². The van der Waals surface area contributed by atoms with Crippen LogP contribution in [0.4, 0.5) is 0 Å². The van der Waals surface area contributed by atoms with E-state index in [1.165, 1.54) is 17.6 Å². The van der Waals surface area contributed by atoms with Crippen LogP contribution >= 0.6 is 0 Å². The van der Waals surface area contributed by atoms with Gasteiger partial charge in [-0.1, -0.05) is 5.57 Å². The fourth-order valence-electron chi connectivity index (χ4n) is 1.72. The highest BCUT2D eigenvalue weighted by Gasteiger charge is 2.24. The van der Waals surface area contributed by atoms with Gasteiger partial charge >= 0.3 is 0 Å². The van der Waals surface area contributed by atoms with Gasteiger partial charge in [-0.15, -0.1) is 5.73 Å². The van der Waals surface area contributed by atoms with Crippen molar-refractivity contribution in [3.63, 3.8) is 0 Å². The summed E-state index contributed by atoms with van der Waals surface area (Å²) in [7, 11) is 4.10. The van der Waals surface area contributed by atoms with Crippen LogP contribution in [0.15, 0.2) is 28.5 Å². The minimum Gasteiger partial charge on any atom is -0.323 e. The second-order valence-electron chi connectivity index (χ2n) is 4.16. The Kier molecular flexibility index (Phi) is 2.12. The number of nitrogens with zero attached hydrogens (tertiary/aromatic N) is 1. The largest absolute Gasteiger partial charge is 0.323 e. The molecule has 0 radical (unpaired) electrons. The molecule has 2 heteroatoms. The predicted molar refractivity (Wildman–Crippen MR) is 54.4 cm³/mol. The van der Waals surface area contributed by atoms with Crippen LogP contribution in [0, 0.1) is 0 Å². The van der Waals surface area contributed by atoms with Gasteiger partial charge in [-0.25, -0.2) is 0 Å². The third-order valence-electron chi connectivity index (χ3n) is 2.58. The quantitative estimate of drug-likeness (QED) is 0.651. The van der Waals surface area contributed by atoms with Gasteiger partial charge < -0.3 is 10.6 Å². The van der Waals surface area contributed by atoms with Gasteiger partial charge in [0.1, 0.15) is 0 Å². The first-order chi connectivity index (χ1) is 6.16. The molecule has 0 aromatic carbocycles. The summed E-state index contributed by atoms with van der Waals surface area (Å²) in [6, 6.07) is 0.154. The second-order valence-corrected chi connectivity index (χ2v) is 4.16. The van der Waals surface area contributed by atoms with E-state index < -0.39 is 0 Å². The zero-order chi connectivity index (χ0) is 9.42. The molecule has 2 aliphatic rings. The fourth-order valence-corrected chi connectivity index (χ4v) is 1.72. The average molecular weight is 176 g/mol. The first-order valence-electron chi connectivity index (χ1n) is 4.73. The number of hydrogen-bond acceptors (Lipinski definition) is 2. The summed E-state index contributed by atoms with van der Waals surface area (Å²) in [6.07, 6.45) is 4.37. The number of rotatable bonds is 3. The maximum atomic E-state index is 6.05. The number of likely N-dealkylation sites (N-methyl/N-ethyl adjacent to an activating group) is 1. The van der Waals surface area contributed by atoms with Gasteiger partial charge in [-0.2, -0.15) is 0 Å². The lowest BCUT2D eigenvalue weighted by Crippen LogP contribution is -2.34. The summed E-state index contributed by atoms with van der Waals surface area (Å²) in [5.41, 5.74) is 13.7. The molecular weight excluding hydrogens is 160 g/mol. The molecule has 0 aromatic heterocycles. The number of nitrogens with two attached hydrogens (primary N) is 1. The smallest absolute Gasteiger partial charge is 0.0462 e. The molecule has 0 aromatic rings. The number of hydrogen-bond donors (Lipinski definition) is 1. The Morgan fingerprint density at radius 3 is 2.92 bits per heavy atom. The SMILES string of the molecule is CN(C)CC(N)C1=C=CC2=C(C1)C2. The van der Waals surface area contributed by atoms with Gasteiger partial charge in [0.05, 0.1) is 0 Å². The predicted octanol–water partition coefficient (Wildman–Crippen LogP) is 1.06. The summed E-state index contributed by atoms with van der Waals surface area (Å²) < 4.78 is 0. The summed E-state index contributed by atoms with van der Waals surface area (Å²) in [5, 5.41) is 0. The van der Waals surface area contributed by atoms with Crippen molar-refractivity contribution >= 4 is 0 Å². The van der Waals surface area contributed by atoms with E-state index in [0.717, 1.165) is 13.0 Å². The van der Waals surface area contributed by atoms with Crippen LogP contribution in [0.2, 0.25) is 0 Å². The minimum absolute atomic E-state index is 0.154. The Bertz CT molecular complexity index is 317. The highest BCUT2D eigenvalue weighted by molar-refractivity contribution is 5.49. The molecule has 70 valence electrons. The van der Waals surface area contributed by atoms with Gasteiger partial charge in [0, 0.05) is 12.6 Å². The molecular formula is C11H16N2. The molecule has 0 saturated carbocycles. The topological polar surface area (TPSA) is 29.3 Å². The van der Waals surface area contributed by atoms with Gasteiger partial charge in [-0.3, -0.25) is 0 Å². The van der Waals surface area contributed by atoms with Crippen molar-refractivity contribution in [2.24, 2.45) is 5.73 Å². The first-order valence-corrected chi connectivity index (χ1v) is 4.73. The van der Waals surface area contributed by atoms with Gasteiger partial charge in [0.2, 0.25) is 0 Å². The molecule has 0 spiro atoms. The van der Waals surface area contributed by atoms with Gasteiger partial charge in [-0.05, 0) is 44.2 Å². The zero-order valence-electron chi connectivity index (χ0n) is 8.30. The first kappa shape index (κ1) is 8.76. The van der Waals surface area contributed by atoms with E-state index in [9.17, 15) is 0 Å². The molecule has 0 aliphatic heterocycles. The van der Waals surface area contributed by atoms with E-state index >= 15 is 0 Å². The van der Waals surface area contributed by atoms with Gasteiger partial charge in [0.15, 0.2) is 0 Å². The summed E-state index contributed by atoms with van der Waals surface area (Å²) >= 11 is 0. The maximum absolute atomic E-state index is 6.05. The van der Waals surface area contributed by atoms with E-state index in [2.05, 4.69) is 30.8 Å². The third kappa shape index (κ3) is 1.92. The van der Waals surface area contributed by atoms with Crippen molar-refractivity contribution in [3.05, 3.63) is 28.5 Å². The van der Waals surface area contributed by atoms with Crippen LogP contribution in [0.5, 0.6) is 0 Å². The molecule has 0 amide bonds. The van der Waals surface area contributed by atoms with E-state index in [0.29, 0.717) is 0 Å². The molecule has 2 N–H and O–H groups in total. The lowest BCUT2D eigenvalue weighted by atomic mass is 10.0. The molecule has 0 bridgehead atoms. The van der Waals surface area contributed by atoms with Crippen LogP contribution in [0.1, 0.15) is 12.8 Å². The van der Waals surface area contributed by atoms with Crippen molar-refractivity contribution in [1.82, 2.24) is 4.90 Å². The van der Waals surface area contributed by atoms with Crippen LogP contribution < -0.4 is 5.73 Å². The normalized spacial score (nSPS) is 21.7. The van der Waals surface area contributed by atoms with Crippen molar-refractivity contribution in [2.45, 2.75) is 18.9 Å². The standard InChI is InChI=1S/C11H16N2/c1-13(2)7-11(12)9-4-3-8-5-10(8)6-9/h3,11H,5-7,12H2,1-2H3. The fraction of sp³-hybridized carbons (Fsp3) is 0.545. The van der Waals surface area contributed by atoms with Crippen LogP contribution in [-0.4, -0.2) is 31.6 Å². The summed E-state index contributed by atoms with van der Waals surface area (Å²) in [6.45, 7) is 0.915. The third-order valence-corrected chi connectivity index (χ3v) is 2.58. The molecule has 0 saturated heterocycles. The zero-order valence-corrected chi connectivity index (χ0v) is 8.30. The van der Waals surface area contributed by atoms with Crippen molar-refractivity contribution in [2.75, 3.05) is 20.6 Å². The molecule has 2 rings (SSSR count). The highest BCUT2D eigenvalue weighted by Crippen LogP contribution is 2.39. The molecule has 2 aliphatic carbocycles. The molecule has 1 unspecified atom stereocenters. The minimum atomic E-state index is 0.154. The van der Waals surface area contributed by atoms with Crippen LogP contribution in [0.25, 0.3) is 0 Å².